The number of rotatable bonds is 2. The van der Waals surface area contributed by atoms with Crippen LogP contribution < -0.4 is 0 Å². The average molecular weight is 332 g/mol. The Hall–Kier alpha value is -0.830. The zero-order valence-corrected chi connectivity index (χ0v) is 15.9. The summed E-state index contributed by atoms with van der Waals surface area (Å²) in [5.41, 5.74) is 1.46. The van der Waals surface area contributed by atoms with Crippen LogP contribution in [0.1, 0.15) is 66.2 Å². The van der Waals surface area contributed by atoms with Crippen LogP contribution in [0.15, 0.2) is 11.6 Å². The van der Waals surface area contributed by atoms with Gasteiger partial charge in [0.1, 0.15) is 11.7 Å². The third-order valence-electron chi connectivity index (χ3n) is 8.12. The first-order valence-corrected chi connectivity index (χ1v) is 9.76. The minimum Gasteiger partial charge on any atom is -0.469 e. The zero-order valence-electron chi connectivity index (χ0n) is 15.9. The normalized spacial score (nSPS) is 49.6. The van der Waals surface area contributed by atoms with Gasteiger partial charge in [0.15, 0.2) is 0 Å². The molecule has 3 nitrogen and oxygen atoms in total. The van der Waals surface area contributed by atoms with Crippen LogP contribution in [0.4, 0.5) is 0 Å². The van der Waals surface area contributed by atoms with Crippen molar-refractivity contribution in [2.45, 2.75) is 77.9 Å². The molecule has 3 aliphatic carbocycles. The van der Waals surface area contributed by atoms with Crippen LogP contribution >= 0.6 is 0 Å². The van der Waals surface area contributed by atoms with Crippen molar-refractivity contribution in [3.8, 4) is 0 Å². The first-order chi connectivity index (χ1) is 11.3. The van der Waals surface area contributed by atoms with E-state index in [9.17, 15) is 4.79 Å². The van der Waals surface area contributed by atoms with Gasteiger partial charge >= 0.3 is 5.97 Å². The molecule has 1 spiro atoms. The van der Waals surface area contributed by atoms with Gasteiger partial charge in [0.2, 0.25) is 0 Å². The Labute approximate surface area is 146 Å². The average Bonchev–Trinajstić information content (AvgIpc) is 3.26. The predicted octanol–water partition coefficient (Wildman–Crippen LogP) is 4.51. The van der Waals surface area contributed by atoms with Crippen molar-refractivity contribution in [1.29, 1.82) is 0 Å². The number of carbonyl (C=O) groups is 1. The Balaban J connectivity index is 1.70. The largest absolute Gasteiger partial charge is 0.469 e. The van der Waals surface area contributed by atoms with Crippen molar-refractivity contribution in [1.82, 2.24) is 0 Å². The lowest BCUT2D eigenvalue weighted by Crippen LogP contribution is -2.58. The van der Waals surface area contributed by atoms with E-state index in [1.54, 1.807) is 7.11 Å². The standard InChI is InChI=1S/C21H32O3/c1-13(2)14-7-8-16-19(3)10-6-11-20(4,18(22)23-5)15(19)9-12-21(16)17(14)24-21/h7,13,15-17H,6,8-12H2,1-5H3/t15-,16-,17-,19-,20-,21+/m1/s1. The monoisotopic (exact) mass is 332 g/mol. The molecule has 0 aromatic carbocycles. The Bertz CT molecular complexity index is 594. The quantitative estimate of drug-likeness (QED) is 0.424. The topological polar surface area (TPSA) is 38.8 Å². The van der Waals surface area contributed by atoms with E-state index >= 15 is 0 Å². The van der Waals surface area contributed by atoms with E-state index < -0.39 is 0 Å². The van der Waals surface area contributed by atoms with Gasteiger partial charge < -0.3 is 9.47 Å². The van der Waals surface area contributed by atoms with Crippen molar-refractivity contribution in [3.63, 3.8) is 0 Å². The molecule has 1 saturated heterocycles. The lowest BCUT2D eigenvalue weighted by atomic mass is 9.44. The molecule has 0 unspecified atom stereocenters. The van der Waals surface area contributed by atoms with E-state index in [2.05, 4.69) is 33.8 Å². The molecule has 1 aliphatic heterocycles. The summed E-state index contributed by atoms with van der Waals surface area (Å²) >= 11 is 0. The molecule has 2 saturated carbocycles. The number of hydrogen-bond donors (Lipinski definition) is 0. The van der Waals surface area contributed by atoms with Crippen LogP contribution in [0.2, 0.25) is 0 Å². The summed E-state index contributed by atoms with van der Waals surface area (Å²) < 4.78 is 11.7. The Kier molecular flexibility index (Phi) is 3.53. The molecule has 0 N–H and O–H groups in total. The molecule has 134 valence electrons. The summed E-state index contributed by atoms with van der Waals surface area (Å²) in [6, 6.07) is 0. The molecule has 0 aromatic heterocycles. The number of methoxy groups -OCH3 is 1. The summed E-state index contributed by atoms with van der Waals surface area (Å²) in [6.45, 7) is 9.16. The maximum atomic E-state index is 12.6. The Morgan fingerprint density at radius 2 is 2.00 bits per heavy atom. The number of epoxide rings is 1. The van der Waals surface area contributed by atoms with Gasteiger partial charge in [-0.05, 0) is 67.8 Å². The molecule has 24 heavy (non-hydrogen) atoms. The van der Waals surface area contributed by atoms with Crippen molar-refractivity contribution in [2.24, 2.45) is 28.6 Å². The van der Waals surface area contributed by atoms with Crippen LogP contribution in [0, 0.1) is 28.6 Å². The van der Waals surface area contributed by atoms with Gasteiger partial charge in [-0.3, -0.25) is 4.79 Å². The summed E-state index contributed by atoms with van der Waals surface area (Å²) in [5.74, 6) is 1.55. The number of esters is 1. The summed E-state index contributed by atoms with van der Waals surface area (Å²) in [7, 11) is 1.54. The fourth-order valence-corrected chi connectivity index (χ4v) is 6.92. The van der Waals surface area contributed by atoms with Crippen molar-refractivity contribution in [3.05, 3.63) is 11.6 Å². The van der Waals surface area contributed by atoms with Gasteiger partial charge in [0.05, 0.1) is 12.5 Å². The van der Waals surface area contributed by atoms with E-state index in [0.717, 1.165) is 32.1 Å². The van der Waals surface area contributed by atoms with Gasteiger partial charge in [0, 0.05) is 0 Å². The highest BCUT2D eigenvalue weighted by Gasteiger charge is 2.72. The van der Waals surface area contributed by atoms with Crippen molar-refractivity contribution >= 4 is 5.97 Å². The highest BCUT2D eigenvalue weighted by Crippen LogP contribution is 2.70. The fourth-order valence-electron chi connectivity index (χ4n) is 6.92. The highest BCUT2D eigenvalue weighted by atomic mass is 16.6. The van der Waals surface area contributed by atoms with E-state index in [0.29, 0.717) is 23.9 Å². The fraction of sp³-hybridized carbons (Fsp3) is 0.857. The van der Waals surface area contributed by atoms with Crippen LogP contribution in [-0.4, -0.2) is 24.8 Å². The van der Waals surface area contributed by atoms with Gasteiger partial charge in [0.25, 0.3) is 0 Å². The lowest BCUT2D eigenvalue weighted by molar-refractivity contribution is -0.174. The smallest absolute Gasteiger partial charge is 0.311 e. The molecule has 0 radical (unpaired) electrons. The first-order valence-electron chi connectivity index (χ1n) is 9.76. The second-order valence-corrected chi connectivity index (χ2v) is 9.46. The van der Waals surface area contributed by atoms with Gasteiger partial charge in [-0.15, -0.1) is 0 Å². The van der Waals surface area contributed by atoms with Crippen LogP contribution in [0.25, 0.3) is 0 Å². The Morgan fingerprint density at radius 3 is 2.67 bits per heavy atom. The van der Waals surface area contributed by atoms with Gasteiger partial charge in [-0.1, -0.05) is 33.3 Å². The van der Waals surface area contributed by atoms with Crippen molar-refractivity contribution in [2.75, 3.05) is 7.11 Å². The maximum absolute atomic E-state index is 12.6. The second-order valence-electron chi connectivity index (χ2n) is 9.46. The van der Waals surface area contributed by atoms with E-state index in [-0.39, 0.29) is 22.4 Å². The number of hydrogen-bond acceptors (Lipinski definition) is 3. The third kappa shape index (κ3) is 1.91. The number of allylic oxidation sites excluding steroid dienone is 1. The molecule has 0 bridgehead atoms. The molecule has 0 aromatic rings. The van der Waals surface area contributed by atoms with Gasteiger partial charge in [-0.25, -0.2) is 0 Å². The molecule has 3 heteroatoms. The van der Waals surface area contributed by atoms with Crippen LogP contribution in [-0.2, 0) is 14.3 Å². The van der Waals surface area contributed by atoms with Crippen LogP contribution in [0.5, 0.6) is 0 Å². The molecular formula is C21H32O3. The predicted molar refractivity (Wildman–Crippen MR) is 93.4 cm³/mol. The second kappa shape index (κ2) is 5.09. The lowest BCUT2D eigenvalue weighted by Gasteiger charge is -2.59. The minimum absolute atomic E-state index is 0.00291. The number of fused-ring (bicyclic) bond motifs is 2. The minimum atomic E-state index is -0.324. The SMILES string of the molecule is COC(=O)[C@]1(C)CCC[C@@]2(C)[C@H]3CC=C(C(C)C)[C@H]4O[C@]43CC[C@H]21. The third-order valence-corrected chi connectivity index (χ3v) is 8.12. The molecular weight excluding hydrogens is 300 g/mol. The van der Waals surface area contributed by atoms with Crippen molar-refractivity contribution < 1.29 is 14.3 Å². The first kappa shape index (κ1) is 16.6. The van der Waals surface area contributed by atoms with E-state index in [1.165, 1.54) is 12.0 Å². The molecule has 3 fully saturated rings. The number of carbonyl (C=O) groups excluding carboxylic acids is 1. The summed E-state index contributed by atoms with van der Waals surface area (Å²) in [5, 5.41) is 0. The molecule has 4 rings (SSSR count). The zero-order chi connectivity index (χ0) is 17.3. The summed E-state index contributed by atoms with van der Waals surface area (Å²) in [6.07, 6.45) is 9.45. The maximum Gasteiger partial charge on any atom is 0.311 e. The molecule has 0 amide bonds. The van der Waals surface area contributed by atoms with E-state index in [4.69, 9.17) is 9.47 Å². The summed E-state index contributed by atoms with van der Waals surface area (Å²) in [4.78, 5) is 12.6. The Morgan fingerprint density at radius 1 is 1.25 bits per heavy atom. The molecule has 4 aliphatic rings. The van der Waals surface area contributed by atoms with Crippen LogP contribution in [0.3, 0.4) is 0 Å². The number of ether oxygens (including phenoxy) is 2. The molecule has 6 atom stereocenters. The van der Waals surface area contributed by atoms with Gasteiger partial charge in [-0.2, -0.15) is 0 Å². The van der Waals surface area contributed by atoms with E-state index in [1.807, 2.05) is 0 Å². The highest BCUT2D eigenvalue weighted by molar-refractivity contribution is 5.77. The molecule has 1 heterocycles.